The highest BCUT2D eigenvalue weighted by atomic mass is 79.9. The molecule has 0 radical (unpaired) electrons. The first kappa shape index (κ1) is 14.7. The van der Waals surface area contributed by atoms with Crippen LogP contribution in [0.4, 0.5) is 4.39 Å². The van der Waals surface area contributed by atoms with Gasteiger partial charge in [0.05, 0.1) is 6.04 Å². The maximum Gasteiger partial charge on any atom is 0.129 e. The first-order chi connectivity index (χ1) is 9.13. The number of thiophene rings is 1. The van der Waals surface area contributed by atoms with E-state index in [0.717, 1.165) is 17.4 Å². The topological polar surface area (TPSA) is 12.0 Å². The predicted molar refractivity (Wildman–Crippen MR) is 83.3 cm³/mol. The number of halogens is 2. The van der Waals surface area contributed by atoms with Crippen molar-refractivity contribution in [3.8, 4) is 0 Å². The molecule has 4 heteroatoms. The van der Waals surface area contributed by atoms with E-state index in [9.17, 15) is 4.39 Å². The Bertz CT molecular complexity index is 553. The monoisotopic (exact) mass is 341 g/mol. The molecular formula is C15H17BrFNS. The molecule has 0 saturated heterocycles. The number of nitrogens with one attached hydrogen (secondary N) is 1. The lowest BCUT2D eigenvalue weighted by Gasteiger charge is -2.20. The second kappa shape index (κ2) is 6.64. The highest BCUT2D eigenvalue weighted by Gasteiger charge is 2.19. The maximum absolute atomic E-state index is 14.2. The van der Waals surface area contributed by atoms with E-state index in [0.29, 0.717) is 5.56 Å². The Morgan fingerprint density at radius 1 is 1.32 bits per heavy atom. The van der Waals surface area contributed by atoms with Gasteiger partial charge in [-0.1, -0.05) is 28.9 Å². The van der Waals surface area contributed by atoms with Gasteiger partial charge in [0.15, 0.2) is 0 Å². The summed E-state index contributed by atoms with van der Waals surface area (Å²) in [4.78, 5) is 1.23. The summed E-state index contributed by atoms with van der Waals surface area (Å²) in [5, 5.41) is 5.50. The van der Waals surface area contributed by atoms with Crippen molar-refractivity contribution in [2.75, 3.05) is 6.54 Å². The van der Waals surface area contributed by atoms with Crippen LogP contribution in [0.1, 0.15) is 35.4 Å². The predicted octanol–water partition coefficient (Wildman–Crippen LogP) is 5.05. The van der Waals surface area contributed by atoms with Crippen LogP contribution >= 0.6 is 27.3 Å². The van der Waals surface area contributed by atoms with Gasteiger partial charge in [-0.2, -0.15) is 0 Å². The molecule has 102 valence electrons. The normalized spacial score (nSPS) is 12.6. The summed E-state index contributed by atoms with van der Waals surface area (Å²) in [5.74, 6) is -0.173. The fourth-order valence-electron chi connectivity index (χ4n) is 2.11. The molecule has 1 nitrogen and oxygen atoms in total. The van der Waals surface area contributed by atoms with Crippen molar-refractivity contribution >= 4 is 27.3 Å². The van der Waals surface area contributed by atoms with E-state index in [4.69, 9.17) is 0 Å². The van der Waals surface area contributed by atoms with E-state index < -0.39 is 0 Å². The Hall–Kier alpha value is -0.710. The standard InChI is InChI=1S/C15H17BrFNS/c1-3-7-18-15(12-6-8-19-10(12)2)13-5-4-11(16)9-14(13)17/h4-6,8-9,15,18H,3,7H2,1-2H3. The number of benzene rings is 1. The minimum Gasteiger partial charge on any atom is -0.306 e. The van der Waals surface area contributed by atoms with Gasteiger partial charge in [-0.25, -0.2) is 4.39 Å². The van der Waals surface area contributed by atoms with E-state index in [1.165, 1.54) is 16.5 Å². The van der Waals surface area contributed by atoms with Crippen LogP contribution in [-0.4, -0.2) is 6.54 Å². The maximum atomic E-state index is 14.2. The molecule has 0 aliphatic rings. The third-order valence-electron chi connectivity index (χ3n) is 3.08. The zero-order valence-corrected chi connectivity index (χ0v) is 13.4. The number of aryl methyl sites for hydroxylation is 1. The van der Waals surface area contributed by atoms with Gasteiger partial charge in [-0.05, 0) is 49.0 Å². The van der Waals surface area contributed by atoms with Crippen molar-refractivity contribution < 1.29 is 4.39 Å². The Labute approximate surface area is 126 Å². The van der Waals surface area contributed by atoms with E-state index in [1.54, 1.807) is 11.3 Å². The van der Waals surface area contributed by atoms with E-state index in [2.05, 4.69) is 46.5 Å². The smallest absolute Gasteiger partial charge is 0.129 e. The molecule has 1 aromatic heterocycles. The molecule has 1 atom stereocenters. The second-order valence-corrected chi connectivity index (χ2v) is 6.52. The van der Waals surface area contributed by atoms with Crippen LogP contribution in [0.15, 0.2) is 34.1 Å². The first-order valence-corrected chi connectivity index (χ1v) is 8.03. The minimum absolute atomic E-state index is 0.0701. The third-order valence-corrected chi connectivity index (χ3v) is 4.44. The quantitative estimate of drug-likeness (QED) is 0.802. The Morgan fingerprint density at radius 3 is 2.68 bits per heavy atom. The molecule has 0 aliphatic heterocycles. The molecule has 2 aromatic rings. The molecular weight excluding hydrogens is 325 g/mol. The summed E-state index contributed by atoms with van der Waals surface area (Å²) < 4.78 is 15.0. The van der Waals surface area contributed by atoms with Crippen LogP contribution in [-0.2, 0) is 0 Å². The summed E-state index contributed by atoms with van der Waals surface area (Å²) in [6.07, 6.45) is 1.03. The van der Waals surface area contributed by atoms with Crippen LogP contribution in [0.5, 0.6) is 0 Å². The summed E-state index contributed by atoms with van der Waals surface area (Å²) in [6.45, 7) is 5.06. The van der Waals surface area contributed by atoms with Crippen molar-refractivity contribution in [3.63, 3.8) is 0 Å². The molecule has 0 bridgehead atoms. The van der Waals surface area contributed by atoms with Crippen molar-refractivity contribution in [2.24, 2.45) is 0 Å². The van der Waals surface area contributed by atoms with E-state index in [-0.39, 0.29) is 11.9 Å². The minimum atomic E-state index is -0.173. The van der Waals surface area contributed by atoms with Crippen molar-refractivity contribution in [1.29, 1.82) is 0 Å². The summed E-state index contributed by atoms with van der Waals surface area (Å²) in [5.41, 5.74) is 1.87. The first-order valence-electron chi connectivity index (χ1n) is 6.35. The molecule has 0 saturated carbocycles. The lowest BCUT2D eigenvalue weighted by atomic mass is 9.99. The molecule has 0 spiro atoms. The van der Waals surface area contributed by atoms with Gasteiger partial charge in [-0.15, -0.1) is 11.3 Å². The van der Waals surface area contributed by atoms with Crippen molar-refractivity contribution in [3.05, 3.63) is 55.9 Å². The Morgan fingerprint density at radius 2 is 2.11 bits per heavy atom. The number of hydrogen-bond acceptors (Lipinski definition) is 2. The summed E-state index contributed by atoms with van der Waals surface area (Å²) in [7, 11) is 0. The van der Waals surface area contributed by atoms with Crippen LogP contribution in [0.3, 0.4) is 0 Å². The van der Waals surface area contributed by atoms with Crippen molar-refractivity contribution in [1.82, 2.24) is 5.32 Å². The number of rotatable bonds is 5. The zero-order chi connectivity index (χ0) is 13.8. The fraction of sp³-hybridized carbons (Fsp3) is 0.333. The molecule has 1 unspecified atom stereocenters. The zero-order valence-electron chi connectivity index (χ0n) is 11.0. The molecule has 1 aromatic carbocycles. The van der Waals surface area contributed by atoms with Gasteiger partial charge in [-0.3, -0.25) is 0 Å². The number of hydrogen-bond donors (Lipinski definition) is 1. The molecule has 19 heavy (non-hydrogen) atoms. The van der Waals surface area contributed by atoms with Crippen LogP contribution < -0.4 is 5.32 Å². The Kier molecular flexibility index (Phi) is 5.13. The molecule has 1 heterocycles. The lowest BCUT2D eigenvalue weighted by Crippen LogP contribution is -2.24. The van der Waals surface area contributed by atoms with Crippen LogP contribution in [0.25, 0.3) is 0 Å². The highest BCUT2D eigenvalue weighted by Crippen LogP contribution is 2.30. The fourth-order valence-corrected chi connectivity index (χ4v) is 3.18. The largest absolute Gasteiger partial charge is 0.306 e. The summed E-state index contributed by atoms with van der Waals surface area (Å²) >= 11 is 5.00. The van der Waals surface area contributed by atoms with Crippen LogP contribution in [0.2, 0.25) is 0 Å². The molecule has 1 N–H and O–H groups in total. The van der Waals surface area contributed by atoms with E-state index in [1.807, 2.05) is 12.1 Å². The SMILES string of the molecule is CCCNC(c1ccc(Br)cc1F)c1ccsc1C. The molecule has 0 aliphatic carbocycles. The van der Waals surface area contributed by atoms with Crippen LogP contribution in [0, 0.1) is 12.7 Å². The van der Waals surface area contributed by atoms with Gasteiger partial charge in [0.1, 0.15) is 5.82 Å². The lowest BCUT2D eigenvalue weighted by molar-refractivity contribution is 0.546. The average molecular weight is 342 g/mol. The van der Waals surface area contributed by atoms with Gasteiger partial charge < -0.3 is 5.32 Å². The van der Waals surface area contributed by atoms with Gasteiger partial charge >= 0.3 is 0 Å². The van der Waals surface area contributed by atoms with E-state index >= 15 is 0 Å². The molecule has 2 rings (SSSR count). The second-order valence-electron chi connectivity index (χ2n) is 4.49. The third kappa shape index (κ3) is 3.44. The van der Waals surface area contributed by atoms with Gasteiger partial charge in [0.2, 0.25) is 0 Å². The van der Waals surface area contributed by atoms with Gasteiger partial charge in [0, 0.05) is 14.9 Å². The average Bonchev–Trinajstić information content (AvgIpc) is 2.78. The van der Waals surface area contributed by atoms with Crippen molar-refractivity contribution in [2.45, 2.75) is 26.3 Å². The van der Waals surface area contributed by atoms with Gasteiger partial charge in [0.25, 0.3) is 0 Å². The Balaban J connectivity index is 2.40. The summed E-state index contributed by atoms with van der Waals surface area (Å²) in [6, 6.07) is 7.27. The molecule has 0 amide bonds. The molecule has 0 fully saturated rings. The highest BCUT2D eigenvalue weighted by molar-refractivity contribution is 9.10.